The van der Waals surface area contributed by atoms with E-state index in [4.69, 9.17) is 9.73 Å². The molecule has 0 unspecified atom stereocenters. The lowest BCUT2D eigenvalue weighted by Gasteiger charge is -2.33. The highest BCUT2D eigenvalue weighted by molar-refractivity contribution is 14.0. The summed E-state index contributed by atoms with van der Waals surface area (Å²) in [4.78, 5) is 7.16. The van der Waals surface area contributed by atoms with E-state index in [2.05, 4.69) is 30.1 Å². The fourth-order valence-corrected chi connectivity index (χ4v) is 2.58. The van der Waals surface area contributed by atoms with Gasteiger partial charge in [0.2, 0.25) is 0 Å². The molecule has 1 heterocycles. The van der Waals surface area contributed by atoms with Crippen molar-refractivity contribution in [3.63, 3.8) is 0 Å². The largest absolute Gasteiger partial charge is 0.497 e. The van der Waals surface area contributed by atoms with Crippen molar-refractivity contribution in [1.29, 1.82) is 0 Å². The fourth-order valence-electron chi connectivity index (χ4n) is 2.58. The van der Waals surface area contributed by atoms with E-state index in [-0.39, 0.29) is 24.0 Å². The van der Waals surface area contributed by atoms with E-state index in [0.29, 0.717) is 6.54 Å². The zero-order valence-electron chi connectivity index (χ0n) is 13.8. The Labute approximate surface area is 151 Å². The number of hydrogen-bond donors (Lipinski definition) is 1. The fraction of sp³-hybridized carbons (Fsp3) is 0.588. The van der Waals surface area contributed by atoms with E-state index >= 15 is 0 Å². The molecule has 1 aromatic carbocycles. The SMILES string of the molecule is CCNC(=NCc1cccc(OC)c1)N1CCC(C)CC1.I. The highest BCUT2D eigenvalue weighted by Crippen LogP contribution is 2.17. The zero-order chi connectivity index (χ0) is 15.1. The molecule has 4 nitrogen and oxygen atoms in total. The third-order valence-corrected chi connectivity index (χ3v) is 3.96. The van der Waals surface area contributed by atoms with Crippen molar-refractivity contribution in [2.75, 3.05) is 26.7 Å². The summed E-state index contributed by atoms with van der Waals surface area (Å²) in [6, 6.07) is 8.11. The Morgan fingerprint density at radius 2 is 2.09 bits per heavy atom. The third kappa shape index (κ3) is 5.66. The smallest absolute Gasteiger partial charge is 0.194 e. The van der Waals surface area contributed by atoms with Gasteiger partial charge in [-0.25, -0.2) is 4.99 Å². The number of benzene rings is 1. The Kier molecular flexibility index (Phi) is 8.60. The monoisotopic (exact) mass is 417 g/mol. The van der Waals surface area contributed by atoms with Crippen LogP contribution in [0.2, 0.25) is 0 Å². The van der Waals surface area contributed by atoms with Crippen LogP contribution in [-0.2, 0) is 6.54 Å². The standard InChI is InChI=1S/C17H27N3O.HI/c1-4-18-17(20-10-8-14(2)9-11-20)19-13-15-6-5-7-16(12-15)21-3;/h5-7,12,14H,4,8-11,13H2,1-3H3,(H,18,19);1H. The number of nitrogens with one attached hydrogen (secondary N) is 1. The maximum absolute atomic E-state index is 5.26. The molecule has 124 valence electrons. The number of aliphatic imine (C=N–C) groups is 1. The van der Waals surface area contributed by atoms with E-state index in [1.807, 2.05) is 18.2 Å². The van der Waals surface area contributed by atoms with E-state index in [9.17, 15) is 0 Å². The van der Waals surface area contributed by atoms with Crippen LogP contribution < -0.4 is 10.1 Å². The Morgan fingerprint density at radius 1 is 1.36 bits per heavy atom. The second-order valence-corrected chi connectivity index (χ2v) is 5.69. The Hall–Kier alpha value is -0.980. The van der Waals surface area contributed by atoms with E-state index in [1.165, 1.54) is 18.4 Å². The van der Waals surface area contributed by atoms with Crippen molar-refractivity contribution in [2.24, 2.45) is 10.9 Å². The molecule has 1 aliphatic rings. The van der Waals surface area contributed by atoms with Crippen molar-refractivity contribution >= 4 is 29.9 Å². The quantitative estimate of drug-likeness (QED) is 0.463. The first-order valence-corrected chi connectivity index (χ1v) is 7.89. The first kappa shape index (κ1) is 19.1. The molecule has 0 amide bonds. The molecule has 0 bridgehead atoms. The molecule has 0 atom stereocenters. The molecule has 1 aliphatic heterocycles. The number of methoxy groups -OCH3 is 1. The second-order valence-electron chi connectivity index (χ2n) is 5.69. The normalized spacial score (nSPS) is 16.1. The summed E-state index contributed by atoms with van der Waals surface area (Å²) < 4.78 is 5.26. The van der Waals surface area contributed by atoms with Gasteiger partial charge in [-0.15, -0.1) is 24.0 Å². The van der Waals surface area contributed by atoms with Gasteiger partial charge in [-0.1, -0.05) is 19.1 Å². The van der Waals surface area contributed by atoms with Crippen LogP contribution in [0, 0.1) is 5.92 Å². The lowest BCUT2D eigenvalue weighted by atomic mass is 10.00. The lowest BCUT2D eigenvalue weighted by molar-refractivity contribution is 0.273. The highest BCUT2D eigenvalue weighted by Gasteiger charge is 2.18. The molecule has 0 radical (unpaired) electrons. The molecule has 5 heteroatoms. The molecule has 1 fully saturated rings. The summed E-state index contributed by atoms with van der Waals surface area (Å²) in [6.07, 6.45) is 2.51. The summed E-state index contributed by atoms with van der Waals surface area (Å²) in [7, 11) is 1.70. The number of rotatable bonds is 4. The highest BCUT2D eigenvalue weighted by atomic mass is 127. The minimum absolute atomic E-state index is 0. The van der Waals surface area contributed by atoms with Crippen LogP contribution in [0.1, 0.15) is 32.3 Å². The summed E-state index contributed by atoms with van der Waals surface area (Å²) >= 11 is 0. The molecule has 1 saturated heterocycles. The van der Waals surface area contributed by atoms with Gasteiger partial charge in [-0.05, 0) is 43.4 Å². The topological polar surface area (TPSA) is 36.9 Å². The summed E-state index contributed by atoms with van der Waals surface area (Å²) in [5.41, 5.74) is 1.18. The average Bonchev–Trinajstić information content (AvgIpc) is 2.52. The summed E-state index contributed by atoms with van der Waals surface area (Å²) in [5, 5.41) is 3.41. The number of guanidine groups is 1. The van der Waals surface area contributed by atoms with Gasteiger partial charge in [0.1, 0.15) is 5.75 Å². The minimum atomic E-state index is 0. The van der Waals surface area contributed by atoms with Crippen LogP contribution in [-0.4, -0.2) is 37.6 Å². The number of ether oxygens (including phenoxy) is 1. The first-order chi connectivity index (χ1) is 10.2. The number of nitrogens with zero attached hydrogens (tertiary/aromatic N) is 2. The lowest BCUT2D eigenvalue weighted by Crippen LogP contribution is -2.45. The zero-order valence-corrected chi connectivity index (χ0v) is 16.2. The second kappa shape index (κ2) is 9.92. The van der Waals surface area contributed by atoms with Crippen LogP contribution in [0.5, 0.6) is 5.75 Å². The van der Waals surface area contributed by atoms with E-state index < -0.39 is 0 Å². The van der Waals surface area contributed by atoms with Crippen LogP contribution in [0.4, 0.5) is 0 Å². The van der Waals surface area contributed by atoms with E-state index in [0.717, 1.165) is 37.3 Å². The van der Waals surface area contributed by atoms with Crippen LogP contribution in [0.3, 0.4) is 0 Å². The maximum Gasteiger partial charge on any atom is 0.194 e. The summed E-state index contributed by atoms with van der Waals surface area (Å²) in [6.45, 7) is 8.25. The molecule has 0 aliphatic carbocycles. The van der Waals surface area contributed by atoms with Gasteiger partial charge < -0.3 is 15.0 Å². The first-order valence-electron chi connectivity index (χ1n) is 7.89. The third-order valence-electron chi connectivity index (χ3n) is 3.96. The summed E-state index contributed by atoms with van der Waals surface area (Å²) in [5.74, 6) is 2.76. The molecule has 0 aromatic heterocycles. The molecule has 0 saturated carbocycles. The van der Waals surface area contributed by atoms with Crippen molar-refractivity contribution in [3.8, 4) is 5.75 Å². The van der Waals surface area contributed by atoms with Gasteiger partial charge in [-0.3, -0.25) is 0 Å². The molecular weight excluding hydrogens is 389 g/mol. The van der Waals surface area contributed by atoms with Gasteiger partial charge >= 0.3 is 0 Å². The van der Waals surface area contributed by atoms with Gasteiger partial charge in [0.15, 0.2) is 5.96 Å². The van der Waals surface area contributed by atoms with Gasteiger partial charge in [-0.2, -0.15) is 0 Å². The molecule has 1 aromatic rings. The van der Waals surface area contributed by atoms with Crippen LogP contribution in [0.15, 0.2) is 29.3 Å². The average molecular weight is 417 g/mol. The van der Waals surface area contributed by atoms with Crippen molar-refractivity contribution in [2.45, 2.75) is 33.2 Å². The number of hydrogen-bond acceptors (Lipinski definition) is 2. The van der Waals surface area contributed by atoms with Gasteiger partial charge in [0.05, 0.1) is 13.7 Å². The van der Waals surface area contributed by atoms with Gasteiger partial charge in [0, 0.05) is 19.6 Å². The Morgan fingerprint density at radius 3 is 2.73 bits per heavy atom. The van der Waals surface area contributed by atoms with E-state index in [1.54, 1.807) is 7.11 Å². The number of halogens is 1. The van der Waals surface area contributed by atoms with Crippen LogP contribution in [0.25, 0.3) is 0 Å². The maximum atomic E-state index is 5.26. The van der Waals surface area contributed by atoms with Crippen LogP contribution >= 0.6 is 24.0 Å². The predicted octanol–water partition coefficient (Wildman–Crippen LogP) is 3.51. The Bertz CT molecular complexity index is 471. The van der Waals surface area contributed by atoms with Gasteiger partial charge in [0.25, 0.3) is 0 Å². The molecule has 1 N–H and O–H groups in total. The number of piperidine rings is 1. The Balaban J connectivity index is 0.00000242. The van der Waals surface area contributed by atoms with Crippen molar-refractivity contribution < 1.29 is 4.74 Å². The minimum Gasteiger partial charge on any atom is -0.497 e. The molecular formula is C17H28IN3O. The predicted molar refractivity (Wildman–Crippen MR) is 103 cm³/mol. The molecule has 22 heavy (non-hydrogen) atoms. The molecule has 0 spiro atoms. The van der Waals surface area contributed by atoms with Crippen molar-refractivity contribution in [3.05, 3.63) is 29.8 Å². The number of likely N-dealkylation sites (tertiary alicyclic amines) is 1. The molecule has 2 rings (SSSR count). The van der Waals surface area contributed by atoms with Crippen molar-refractivity contribution in [1.82, 2.24) is 10.2 Å².